The van der Waals surface area contributed by atoms with E-state index in [4.69, 9.17) is 9.73 Å². The number of nitrogens with zero attached hydrogens (tertiary/aromatic N) is 3. The highest BCUT2D eigenvalue weighted by Crippen LogP contribution is 2.50. The van der Waals surface area contributed by atoms with E-state index in [1.807, 2.05) is 24.0 Å². The Kier molecular flexibility index (Phi) is 8.73. The topological polar surface area (TPSA) is 124 Å². The third-order valence-corrected chi connectivity index (χ3v) is 9.70. The molecular weight excluding hydrogens is 558 g/mol. The molecule has 0 radical (unpaired) electrons. The summed E-state index contributed by atoms with van der Waals surface area (Å²) in [5.41, 5.74) is 3.18. The first-order chi connectivity index (χ1) is 20.8. The molecule has 2 aromatic rings. The van der Waals surface area contributed by atoms with Crippen LogP contribution in [-0.4, -0.2) is 71.2 Å². The molecule has 0 aliphatic carbocycles. The number of pyridine rings is 1. The van der Waals surface area contributed by atoms with E-state index in [1.165, 1.54) is 4.90 Å². The van der Waals surface area contributed by atoms with E-state index in [1.54, 1.807) is 18.3 Å². The number of nitrogens with one attached hydrogen (secondary N) is 2. The number of carbonyl (C=O) groups is 3. The number of hydrogen-bond donors (Lipinski definition) is 2. The van der Waals surface area contributed by atoms with Gasteiger partial charge >= 0.3 is 5.97 Å². The first-order valence-electron chi connectivity index (χ1n) is 15.7. The number of amides is 2. The van der Waals surface area contributed by atoms with Gasteiger partial charge in [0, 0.05) is 37.0 Å². The van der Waals surface area contributed by atoms with E-state index in [2.05, 4.69) is 44.9 Å². The average Bonchev–Trinajstić information content (AvgIpc) is 3.35. The molecule has 5 rings (SSSR count). The minimum absolute atomic E-state index is 0.0124. The van der Waals surface area contributed by atoms with Crippen LogP contribution in [0.4, 0.5) is 5.69 Å². The van der Waals surface area contributed by atoms with Gasteiger partial charge in [0.1, 0.15) is 19.0 Å². The predicted octanol–water partition coefficient (Wildman–Crippen LogP) is 4.69. The minimum Gasteiger partial charge on any atom is -0.462 e. The zero-order chi connectivity index (χ0) is 31.8. The van der Waals surface area contributed by atoms with Crippen molar-refractivity contribution >= 4 is 29.3 Å². The number of carbonyl (C=O) groups excluding carboxylic acids is 3. The van der Waals surface area contributed by atoms with Gasteiger partial charge in [-0.25, -0.2) is 0 Å². The number of esters is 1. The molecule has 44 heavy (non-hydrogen) atoms. The lowest BCUT2D eigenvalue weighted by Crippen LogP contribution is -2.47. The van der Waals surface area contributed by atoms with Crippen molar-refractivity contribution in [2.75, 3.05) is 38.1 Å². The number of piperidine rings is 1. The average molecular weight is 604 g/mol. The Bertz CT molecular complexity index is 1530. The van der Waals surface area contributed by atoms with Crippen molar-refractivity contribution in [1.82, 2.24) is 14.8 Å². The molecule has 236 valence electrons. The lowest BCUT2D eigenvalue weighted by Gasteiger charge is -2.47. The van der Waals surface area contributed by atoms with E-state index in [9.17, 15) is 19.2 Å². The number of hydrogen-bond acceptors (Lipinski definition) is 7. The number of aromatic amines is 1. The Morgan fingerprint density at radius 3 is 2.50 bits per heavy atom. The Hall–Kier alpha value is -3.95. The molecule has 10 nitrogen and oxygen atoms in total. The summed E-state index contributed by atoms with van der Waals surface area (Å²) in [4.78, 5) is 62.3. The van der Waals surface area contributed by atoms with Gasteiger partial charge in [-0.1, -0.05) is 34.6 Å². The van der Waals surface area contributed by atoms with Crippen LogP contribution in [0, 0.1) is 23.7 Å². The summed E-state index contributed by atoms with van der Waals surface area (Å²) in [5.74, 6) is 0.260. The third kappa shape index (κ3) is 6.30. The van der Waals surface area contributed by atoms with E-state index in [0.717, 1.165) is 43.5 Å². The fourth-order valence-electron chi connectivity index (χ4n) is 6.98. The summed E-state index contributed by atoms with van der Waals surface area (Å²) in [7, 11) is 0. The van der Waals surface area contributed by atoms with Gasteiger partial charge in [0.2, 0.25) is 5.91 Å². The van der Waals surface area contributed by atoms with Crippen molar-refractivity contribution < 1.29 is 19.1 Å². The van der Waals surface area contributed by atoms with Crippen LogP contribution in [0.15, 0.2) is 40.2 Å². The van der Waals surface area contributed by atoms with Gasteiger partial charge in [-0.2, -0.15) is 0 Å². The smallest absolute Gasteiger partial charge is 0.325 e. The highest BCUT2D eigenvalue weighted by Gasteiger charge is 2.45. The molecule has 2 fully saturated rings. The molecule has 2 unspecified atom stereocenters. The van der Waals surface area contributed by atoms with Crippen LogP contribution in [0.2, 0.25) is 0 Å². The molecule has 3 aliphatic heterocycles. The monoisotopic (exact) mass is 603 g/mol. The fourth-order valence-corrected chi connectivity index (χ4v) is 6.98. The van der Waals surface area contributed by atoms with E-state index >= 15 is 0 Å². The Morgan fingerprint density at radius 2 is 1.86 bits per heavy atom. The van der Waals surface area contributed by atoms with Crippen LogP contribution < -0.4 is 10.9 Å². The van der Waals surface area contributed by atoms with E-state index in [0.29, 0.717) is 35.6 Å². The van der Waals surface area contributed by atoms with Gasteiger partial charge < -0.3 is 24.8 Å². The molecule has 1 aromatic heterocycles. The molecule has 1 aromatic carbocycles. The van der Waals surface area contributed by atoms with Gasteiger partial charge in [0.25, 0.3) is 11.5 Å². The number of benzene rings is 1. The second kappa shape index (κ2) is 12.2. The maximum atomic E-state index is 13.1. The Labute approximate surface area is 259 Å². The summed E-state index contributed by atoms with van der Waals surface area (Å²) in [6.07, 6.45) is 4.99. The van der Waals surface area contributed by atoms with Crippen LogP contribution in [0.1, 0.15) is 93.4 Å². The predicted molar refractivity (Wildman–Crippen MR) is 170 cm³/mol. The zero-order valence-electron chi connectivity index (χ0n) is 26.8. The minimum atomic E-state index is -0.406. The molecular formula is C34H45N5O5. The van der Waals surface area contributed by atoms with Gasteiger partial charge in [-0.05, 0) is 78.3 Å². The molecule has 2 atom stereocenters. The summed E-state index contributed by atoms with van der Waals surface area (Å²) in [6, 6.07) is 7.16. The molecule has 0 spiro atoms. The third-order valence-electron chi connectivity index (χ3n) is 9.70. The quantitative estimate of drug-likeness (QED) is 0.462. The summed E-state index contributed by atoms with van der Waals surface area (Å²) >= 11 is 0. The molecule has 2 N–H and O–H groups in total. The normalized spacial score (nSPS) is 20.5. The van der Waals surface area contributed by atoms with Crippen LogP contribution in [-0.2, 0) is 14.3 Å². The Morgan fingerprint density at radius 1 is 1.14 bits per heavy atom. The van der Waals surface area contributed by atoms with Crippen molar-refractivity contribution in [1.29, 1.82) is 0 Å². The number of aliphatic imine (C=N–C) groups is 1. The van der Waals surface area contributed by atoms with E-state index in [-0.39, 0.29) is 53.3 Å². The lowest BCUT2D eigenvalue weighted by molar-refractivity contribution is -0.149. The van der Waals surface area contributed by atoms with Crippen LogP contribution >= 0.6 is 0 Å². The molecule has 10 heteroatoms. The van der Waals surface area contributed by atoms with E-state index < -0.39 is 5.97 Å². The second-order valence-corrected chi connectivity index (χ2v) is 13.8. The first-order valence-corrected chi connectivity index (χ1v) is 15.7. The lowest BCUT2D eigenvalue weighted by atomic mass is 9.64. The summed E-state index contributed by atoms with van der Waals surface area (Å²) < 4.78 is 4.96. The molecule has 4 heterocycles. The Balaban J connectivity index is 1.36. The maximum absolute atomic E-state index is 13.1. The summed E-state index contributed by atoms with van der Waals surface area (Å²) in [6.45, 7) is 14.6. The number of amidine groups is 1. The van der Waals surface area contributed by atoms with Gasteiger partial charge in [0.05, 0.1) is 18.2 Å². The van der Waals surface area contributed by atoms with Crippen LogP contribution in [0.3, 0.4) is 0 Å². The molecule has 0 bridgehead atoms. The highest BCUT2D eigenvalue weighted by molar-refractivity contribution is 6.11. The first kappa shape index (κ1) is 31.5. The fraction of sp³-hybridized carbons (Fsp3) is 0.559. The standard InChI is InChI=1S/C34H45N5O5/c1-7-34(11-14-38(15-12-34)26(40)19-33(4,5)6)22(3)29-25-10-13-35-31(42)28(25)30(37-29)36-23-8-9-24(21(2)18-23)32(43)39-16-17-44-27(41)20-39/h8-10,13,18,22,29H,7,11-12,14-17,19-20H2,1-6H3,(H,35,42)(H,36,37). The number of aromatic nitrogens is 1. The van der Waals surface area contributed by atoms with Crippen molar-refractivity contribution in [2.24, 2.45) is 21.7 Å². The maximum Gasteiger partial charge on any atom is 0.325 e. The van der Waals surface area contributed by atoms with Gasteiger partial charge in [-0.3, -0.25) is 24.2 Å². The van der Waals surface area contributed by atoms with Crippen molar-refractivity contribution in [3.63, 3.8) is 0 Å². The number of ether oxygens (including phenoxy) is 1. The van der Waals surface area contributed by atoms with Crippen molar-refractivity contribution in [3.05, 3.63) is 63.1 Å². The van der Waals surface area contributed by atoms with Crippen LogP contribution in [0.5, 0.6) is 0 Å². The van der Waals surface area contributed by atoms with Gasteiger partial charge in [-0.15, -0.1) is 0 Å². The molecule has 3 aliphatic rings. The molecule has 2 saturated heterocycles. The van der Waals surface area contributed by atoms with Crippen molar-refractivity contribution in [2.45, 2.75) is 73.3 Å². The number of fused-ring (bicyclic) bond motifs is 1. The highest BCUT2D eigenvalue weighted by atomic mass is 16.5. The largest absolute Gasteiger partial charge is 0.462 e. The van der Waals surface area contributed by atoms with Gasteiger partial charge in [0.15, 0.2) is 0 Å². The van der Waals surface area contributed by atoms with Crippen molar-refractivity contribution in [3.8, 4) is 0 Å². The number of rotatable bonds is 6. The number of cyclic esters (lactones) is 1. The van der Waals surface area contributed by atoms with Crippen LogP contribution in [0.25, 0.3) is 0 Å². The number of anilines is 1. The number of morpholine rings is 1. The SMILES string of the molecule is CCC1(C(C)C2N=C(Nc3ccc(C(=O)N4CCOC(=O)C4)c(C)c3)c3c2cc[nH]c3=O)CCN(C(=O)CC(C)(C)C)CC1. The number of H-pyrrole nitrogens is 1. The summed E-state index contributed by atoms with van der Waals surface area (Å²) in [5, 5.41) is 3.37. The number of likely N-dealkylation sites (tertiary alicyclic amines) is 1. The second-order valence-electron chi connectivity index (χ2n) is 13.8. The number of aryl methyl sites for hydroxylation is 1. The molecule has 0 saturated carbocycles. The molecule has 2 amide bonds. The zero-order valence-corrected chi connectivity index (χ0v) is 26.8.